The number of aliphatic imine (C=N–C) groups is 1. The summed E-state index contributed by atoms with van der Waals surface area (Å²) in [4.78, 5) is 28.3. The van der Waals surface area contributed by atoms with E-state index in [2.05, 4.69) is 4.99 Å². The molecule has 1 aliphatic heterocycles. The van der Waals surface area contributed by atoms with Gasteiger partial charge in [0.2, 0.25) is 5.91 Å². The first-order valence-corrected chi connectivity index (χ1v) is 9.48. The van der Waals surface area contributed by atoms with E-state index < -0.39 is 11.1 Å². The van der Waals surface area contributed by atoms with Crippen LogP contribution in [0.5, 0.6) is 0 Å². The quantitative estimate of drug-likeness (QED) is 0.173. The van der Waals surface area contributed by atoms with Crippen LogP contribution in [0.3, 0.4) is 0 Å². The lowest BCUT2D eigenvalue weighted by Gasteiger charge is -2.34. The predicted molar refractivity (Wildman–Crippen MR) is 103 cm³/mol. The molecule has 1 rings (SSSR count). The maximum atomic E-state index is 12.4. The molecule has 10 heteroatoms. The predicted octanol–water partition coefficient (Wildman–Crippen LogP) is 0.634. The molecule has 1 aliphatic rings. The van der Waals surface area contributed by atoms with Crippen LogP contribution in [-0.2, 0) is 9.53 Å². The molecule has 1 fully saturated rings. The molecule has 1 atom stereocenters. The first kappa shape index (κ1) is 23.1. The Morgan fingerprint density at radius 2 is 2.04 bits per heavy atom. The smallest absolute Gasteiger partial charge is 0.251 e. The second-order valence-electron chi connectivity index (χ2n) is 7.90. The summed E-state index contributed by atoms with van der Waals surface area (Å²) in [6.07, 6.45) is 3.96. The largest absolute Gasteiger partial charge is 0.376 e. The number of nitrogens with one attached hydrogen (secondary N) is 1. The molecular formula is C17H34N6O4. The van der Waals surface area contributed by atoms with Crippen LogP contribution in [0.4, 0.5) is 0 Å². The fraction of sp³-hybridized carbons (Fsp3) is 0.882. The minimum Gasteiger partial charge on any atom is -0.376 e. The van der Waals surface area contributed by atoms with Gasteiger partial charge in [-0.25, -0.2) is 15.1 Å². The molecule has 156 valence electrons. The average molecular weight is 386 g/mol. The van der Waals surface area contributed by atoms with E-state index in [1.54, 1.807) is 5.43 Å². The Bertz CT molecular complexity index is 512. The van der Waals surface area contributed by atoms with E-state index in [9.17, 15) is 14.9 Å². The molecule has 0 aromatic carbocycles. The molecule has 27 heavy (non-hydrogen) atoms. The minimum atomic E-state index is -0.771. The van der Waals surface area contributed by atoms with Gasteiger partial charge in [-0.1, -0.05) is 5.43 Å². The van der Waals surface area contributed by atoms with Crippen molar-refractivity contribution in [2.75, 3.05) is 26.2 Å². The van der Waals surface area contributed by atoms with Gasteiger partial charge in [-0.2, -0.15) is 0 Å². The number of nitrogens with two attached hydrogens (primary N) is 2. The van der Waals surface area contributed by atoms with E-state index in [1.165, 1.54) is 0 Å². The third kappa shape index (κ3) is 10.1. The first-order chi connectivity index (χ1) is 12.6. The van der Waals surface area contributed by atoms with Crippen LogP contribution < -0.4 is 16.9 Å². The molecule has 0 aliphatic carbocycles. The second kappa shape index (κ2) is 11.0. The SMILES string of the molecule is CC(C)(C)OCCC1CCN(C(=O)C(N)CCCN=C(N)N[N+](=O)[O-])CC1. The van der Waals surface area contributed by atoms with Crippen molar-refractivity contribution in [3.05, 3.63) is 10.1 Å². The minimum absolute atomic E-state index is 0.0419. The monoisotopic (exact) mass is 386 g/mol. The number of hydrogen-bond acceptors (Lipinski definition) is 6. The number of nitro groups is 1. The standard InChI is InChI=1S/C17H34N6O4/c1-17(2,3)27-12-8-13-6-10-22(11-7-13)15(24)14(18)5-4-9-20-16(19)21-23(25)26/h13-14H,4-12,18H2,1-3H3,(H3,19,20,21). The van der Waals surface area contributed by atoms with Crippen LogP contribution in [-0.4, -0.2) is 59.7 Å². The van der Waals surface area contributed by atoms with Gasteiger partial charge < -0.3 is 21.1 Å². The number of piperidine rings is 1. The van der Waals surface area contributed by atoms with Crippen LogP contribution in [0.15, 0.2) is 4.99 Å². The van der Waals surface area contributed by atoms with Gasteiger partial charge in [0.1, 0.15) is 0 Å². The van der Waals surface area contributed by atoms with E-state index in [0.29, 0.717) is 18.8 Å². The number of amides is 1. The molecule has 1 unspecified atom stereocenters. The topological polar surface area (TPSA) is 149 Å². The van der Waals surface area contributed by atoms with Gasteiger partial charge in [0.05, 0.1) is 11.6 Å². The number of ether oxygens (including phenoxy) is 1. The molecule has 0 radical (unpaired) electrons. The first-order valence-electron chi connectivity index (χ1n) is 9.48. The van der Waals surface area contributed by atoms with Gasteiger partial charge in [0.15, 0.2) is 5.03 Å². The van der Waals surface area contributed by atoms with Crippen LogP contribution >= 0.6 is 0 Å². The molecule has 0 bridgehead atoms. The number of rotatable bonds is 9. The highest BCUT2D eigenvalue weighted by Crippen LogP contribution is 2.22. The lowest BCUT2D eigenvalue weighted by Crippen LogP contribution is -2.47. The van der Waals surface area contributed by atoms with Gasteiger partial charge in [0, 0.05) is 26.2 Å². The van der Waals surface area contributed by atoms with E-state index in [1.807, 2.05) is 25.7 Å². The highest BCUT2D eigenvalue weighted by atomic mass is 16.7. The molecule has 5 N–H and O–H groups in total. The number of likely N-dealkylation sites (tertiary alicyclic amines) is 1. The molecule has 0 aromatic rings. The lowest BCUT2D eigenvalue weighted by atomic mass is 9.93. The van der Waals surface area contributed by atoms with Crippen LogP contribution in [0.25, 0.3) is 0 Å². The van der Waals surface area contributed by atoms with E-state index in [4.69, 9.17) is 16.2 Å². The third-order valence-corrected chi connectivity index (χ3v) is 4.47. The Morgan fingerprint density at radius 3 is 2.59 bits per heavy atom. The van der Waals surface area contributed by atoms with Gasteiger partial charge in [-0.15, -0.1) is 0 Å². The zero-order chi connectivity index (χ0) is 20.4. The van der Waals surface area contributed by atoms with Crippen molar-refractivity contribution in [2.45, 2.75) is 64.5 Å². The number of guanidine groups is 1. The third-order valence-electron chi connectivity index (χ3n) is 4.47. The van der Waals surface area contributed by atoms with Gasteiger partial charge >= 0.3 is 0 Å². The van der Waals surface area contributed by atoms with Crippen molar-refractivity contribution in [1.29, 1.82) is 0 Å². The fourth-order valence-electron chi connectivity index (χ4n) is 2.97. The molecular weight excluding hydrogens is 352 g/mol. The summed E-state index contributed by atoms with van der Waals surface area (Å²) in [5, 5.41) is 9.43. The zero-order valence-corrected chi connectivity index (χ0v) is 16.6. The summed E-state index contributed by atoms with van der Waals surface area (Å²) in [6.45, 7) is 8.63. The Balaban J connectivity index is 2.24. The highest BCUT2D eigenvalue weighted by Gasteiger charge is 2.26. The van der Waals surface area contributed by atoms with Crippen LogP contribution in [0, 0.1) is 16.0 Å². The summed E-state index contributed by atoms with van der Waals surface area (Å²) >= 11 is 0. The van der Waals surface area contributed by atoms with E-state index in [0.717, 1.165) is 39.0 Å². The maximum Gasteiger partial charge on any atom is 0.251 e. The van der Waals surface area contributed by atoms with Crippen molar-refractivity contribution < 1.29 is 14.6 Å². The second-order valence-corrected chi connectivity index (χ2v) is 7.90. The molecule has 1 heterocycles. The van der Waals surface area contributed by atoms with Crippen LogP contribution in [0.1, 0.15) is 52.9 Å². The van der Waals surface area contributed by atoms with Crippen molar-refractivity contribution in [2.24, 2.45) is 22.4 Å². The lowest BCUT2D eigenvalue weighted by molar-refractivity contribution is -0.525. The maximum absolute atomic E-state index is 12.4. The number of hydrazine groups is 1. The van der Waals surface area contributed by atoms with Crippen molar-refractivity contribution in [1.82, 2.24) is 10.3 Å². The Kier molecular flexibility index (Phi) is 9.44. The highest BCUT2D eigenvalue weighted by molar-refractivity contribution is 5.81. The number of carbonyl (C=O) groups is 1. The normalized spacial score (nSPS) is 17.6. The molecule has 0 aromatic heterocycles. The van der Waals surface area contributed by atoms with Crippen molar-refractivity contribution >= 4 is 11.9 Å². The molecule has 1 saturated heterocycles. The number of nitrogens with zero attached hydrogens (tertiary/aromatic N) is 3. The Labute approximate surface area is 160 Å². The van der Waals surface area contributed by atoms with Gasteiger partial charge in [-0.3, -0.25) is 4.79 Å². The fourth-order valence-corrected chi connectivity index (χ4v) is 2.97. The van der Waals surface area contributed by atoms with E-state index in [-0.39, 0.29) is 24.0 Å². The average Bonchev–Trinajstić information content (AvgIpc) is 2.56. The summed E-state index contributed by atoms with van der Waals surface area (Å²) in [5.41, 5.74) is 13.0. The summed E-state index contributed by atoms with van der Waals surface area (Å²) in [7, 11) is 0. The molecule has 0 spiro atoms. The van der Waals surface area contributed by atoms with Crippen molar-refractivity contribution in [3.8, 4) is 0 Å². The number of carbonyl (C=O) groups excluding carboxylic acids is 1. The van der Waals surface area contributed by atoms with Gasteiger partial charge in [0.25, 0.3) is 5.96 Å². The molecule has 10 nitrogen and oxygen atoms in total. The summed E-state index contributed by atoms with van der Waals surface area (Å²) in [5.74, 6) is 0.288. The Morgan fingerprint density at radius 1 is 1.41 bits per heavy atom. The number of hydrogen-bond donors (Lipinski definition) is 3. The summed E-state index contributed by atoms with van der Waals surface area (Å²) in [6, 6.07) is -0.578. The Hall–Kier alpha value is -1.94. The van der Waals surface area contributed by atoms with Crippen LogP contribution in [0.2, 0.25) is 0 Å². The molecule has 1 amide bonds. The van der Waals surface area contributed by atoms with Gasteiger partial charge in [-0.05, 0) is 58.8 Å². The van der Waals surface area contributed by atoms with Crippen molar-refractivity contribution in [3.63, 3.8) is 0 Å². The molecule has 0 saturated carbocycles. The zero-order valence-electron chi connectivity index (χ0n) is 16.6. The summed E-state index contributed by atoms with van der Waals surface area (Å²) < 4.78 is 5.78. The van der Waals surface area contributed by atoms with E-state index >= 15 is 0 Å².